The second-order valence-corrected chi connectivity index (χ2v) is 5.34. The van der Waals surface area contributed by atoms with Crippen molar-refractivity contribution in [2.45, 2.75) is 11.5 Å². The molecule has 0 aliphatic heterocycles. The van der Waals surface area contributed by atoms with Gasteiger partial charge in [-0.1, -0.05) is 0 Å². The molecule has 1 aromatic heterocycles. The third-order valence-corrected chi connectivity index (χ3v) is 2.92. The van der Waals surface area contributed by atoms with Crippen molar-refractivity contribution in [1.82, 2.24) is 4.98 Å². The first-order valence-electron chi connectivity index (χ1n) is 4.00. The van der Waals surface area contributed by atoms with Crippen LogP contribution in [0.4, 0.5) is 14.5 Å². The SMILES string of the molecule is N#Cc1cc(C(F)F)nc(S(=O)(=O)Cl)c1[N+](=O)[O-]. The number of alkyl halides is 2. The number of pyridine rings is 1. The number of nitriles is 1. The van der Waals surface area contributed by atoms with Gasteiger partial charge in [0.1, 0.15) is 17.3 Å². The highest BCUT2D eigenvalue weighted by molar-refractivity contribution is 8.13. The maximum Gasteiger partial charge on any atom is 0.325 e. The number of nitro groups is 1. The molecule has 0 fully saturated rings. The standard InChI is InChI=1S/C7H2ClF2N3O4S/c8-18(16,17)7-5(13(14)15)3(2-11)1-4(12-7)6(9)10/h1,6H. The summed E-state index contributed by atoms with van der Waals surface area (Å²) in [6.45, 7) is 0. The Kier molecular flexibility index (Phi) is 3.78. The first-order valence-corrected chi connectivity index (χ1v) is 6.31. The Morgan fingerprint density at radius 1 is 1.56 bits per heavy atom. The molecule has 0 bridgehead atoms. The molecule has 0 unspecified atom stereocenters. The van der Waals surface area contributed by atoms with Crippen molar-refractivity contribution < 1.29 is 22.1 Å². The van der Waals surface area contributed by atoms with Crippen LogP contribution >= 0.6 is 10.7 Å². The van der Waals surface area contributed by atoms with Gasteiger partial charge in [0, 0.05) is 10.7 Å². The lowest BCUT2D eigenvalue weighted by atomic mass is 10.2. The summed E-state index contributed by atoms with van der Waals surface area (Å²) < 4.78 is 46.9. The minimum Gasteiger partial charge on any atom is -0.258 e. The molecule has 0 saturated heterocycles. The third kappa shape index (κ3) is 2.69. The van der Waals surface area contributed by atoms with Gasteiger partial charge >= 0.3 is 5.69 Å². The molecule has 1 heterocycles. The molecule has 1 aromatic rings. The van der Waals surface area contributed by atoms with E-state index >= 15 is 0 Å². The fourth-order valence-electron chi connectivity index (χ4n) is 1.08. The van der Waals surface area contributed by atoms with Gasteiger partial charge in [-0.25, -0.2) is 22.2 Å². The van der Waals surface area contributed by atoms with E-state index in [0.717, 1.165) is 0 Å². The molecule has 0 aliphatic carbocycles. The lowest BCUT2D eigenvalue weighted by Crippen LogP contribution is -2.07. The lowest BCUT2D eigenvalue weighted by molar-refractivity contribution is -0.388. The van der Waals surface area contributed by atoms with E-state index in [-0.39, 0.29) is 0 Å². The Hall–Kier alpha value is -1.86. The van der Waals surface area contributed by atoms with Crippen molar-refractivity contribution in [3.05, 3.63) is 27.4 Å². The number of nitrogens with zero attached hydrogens (tertiary/aromatic N) is 3. The van der Waals surface area contributed by atoms with Gasteiger partial charge in [-0.2, -0.15) is 5.26 Å². The smallest absolute Gasteiger partial charge is 0.258 e. The predicted octanol–water partition coefficient (Wildman–Crippen LogP) is 1.73. The van der Waals surface area contributed by atoms with Gasteiger partial charge in [-0.05, 0) is 6.07 Å². The Bertz CT molecular complexity index is 655. The largest absolute Gasteiger partial charge is 0.325 e. The van der Waals surface area contributed by atoms with Gasteiger partial charge < -0.3 is 0 Å². The zero-order chi connectivity index (χ0) is 14.1. The fourth-order valence-corrected chi connectivity index (χ4v) is 2.03. The van der Waals surface area contributed by atoms with Crippen LogP contribution in [0.5, 0.6) is 0 Å². The molecule has 18 heavy (non-hydrogen) atoms. The highest BCUT2D eigenvalue weighted by Gasteiger charge is 2.32. The molecule has 0 spiro atoms. The van der Waals surface area contributed by atoms with E-state index in [1.807, 2.05) is 0 Å². The monoisotopic (exact) mass is 297 g/mol. The normalized spacial score (nSPS) is 11.3. The van der Waals surface area contributed by atoms with Gasteiger partial charge in [0.05, 0.1) is 4.92 Å². The molecular formula is C7H2ClF2N3O4S. The van der Waals surface area contributed by atoms with E-state index in [4.69, 9.17) is 15.9 Å². The summed E-state index contributed by atoms with van der Waals surface area (Å²) >= 11 is 0. The van der Waals surface area contributed by atoms with E-state index in [1.54, 1.807) is 0 Å². The lowest BCUT2D eigenvalue weighted by Gasteiger charge is -2.04. The minimum atomic E-state index is -4.73. The third-order valence-electron chi connectivity index (χ3n) is 1.74. The number of aromatic nitrogens is 1. The Balaban J connectivity index is 3.81. The van der Waals surface area contributed by atoms with Crippen molar-refractivity contribution in [2.24, 2.45) is 0 Å². The number of hydrogen-bond acceptors (Lipinski definition) is 6. The molecule has 0 aliphatic rings. The molecule has 7 nitrogen and oxygen atoms in total. The number of rotatable bonds is 3. The van der Waals surface area contributed by atoms with Crippen LogP contribution in [0.25, 0.3) is 0 Å². The van der Waals surface area contributed by atoms with Gasteiger partial charge in [0.2, 0.25) is 0 Å². The average Bonchev–Trinajstić information content (AvgIpc) is 2.25. The van der Waals surface area contributed by atoms with Crippen LogP contribution in [-0.4, -0.2) is 18.3 Å². The molecule has 0 aromatic carbocycles. The first kappa shape index (κ1) is 14.2. The van der Waals surface area contributed by atoms with Crippen molar-refractivity contribution in [2.75, 3.05) is 0 Å². The van der Waals surface area contributed by atoms with Crippen LogP contribution in [-0.2, 0) is 9.05 Å². The second-order valence-electron chi connectivity index (χ2n) is 2.86. The Morgan fingerprint density at radius 3 is 2.44 bits per heavy atom. The summed E-state index contributed by atoms with van der Waals surface area (Å²) in [5, 5.41) is 17.9. The molecule has 0 saturated carbocycles. The number of halogens is 3. The minimum absolute atomic E-state index is 0.439. The van der Waals surface area contributed by atoms with E-state index in [9.17, 15) is 27.3 Å². The maximum atomic E-state index is 12.4. The highest BCUT2D eigenvalue weighted by Crippen LogP contribution is 2.31. The molecule has 11 heteroatoms. The van der Waals surface area contributed by atoms with Crippen molar-refractivity contribution in [3.63, 3.8) is 0 Å². The van der Waals surface area contributed by atoms with Gasteiger partial charge in [0.15, 0.2) is 0 Å². The van der Waals surface area contributed by atoms with Crippen LogP contribution < -0.4 is 0 Å². The highest BCUT2D eigenvalue weighted by atomic mass is 35.7. The van der Waals surface area contributed by atoms with E-state index in [2.05, 4.69) is 4.98 Å². The van der Waals surface area contributed by atoms with Crippen LogP contribution in [0.3, 0.4) is 0 Å². The molecular weight excluding hydrogens is 296 g/mol. The van der Waals surface area contributed by atoms with Crippen molar-refractivity contribution in [1.29, 1.82) is 5.26 Å². The Labute approximate surface area is 103 Å². The summed E-state index contributed by atoms with van der Waals surface area (Å²) in [6.07, 6.45) is -3.20. The van der Waals surface area contributed by atoms with Crippen molar-refractivity contribution in [3.8, 4) is 6.07 Å². The van der Waals surface area contributed by atoms with Gasteiger partial charge in [-0.15, -0.1) is 0 Å². The molecule has 0 amide bonds. The maximum absolute atomic E-state index is 12.4. The molecule has 0 N–H and O–H groups in total. The summed E-state index contributed by atoms with van der Waals surface area (Å²) in [7, 11) is 0.132. The van der Waals surface area contributed by atoms with Crippen LogP contribution in [0.2, 0.25) is 0 Å². The van der Waals surface area contributed by atoms with E-state index in [1.165, 1.54) is 6.07 Å². The summed E-state index contributed by atoms with van der Waals surface area (Å²) in [4.78, 5) is 12.3. The van der Waals surface area contributed by atoms with Gasteiger partial charge in [-0.3, -0.25) is 10.1 Å². The second kappa shape index (κ2) is 4.79. The zero-order valence-electron chi connectivity index (χ0n) is 8.17. The number of hydrogen-bond donors (Lipinski definition) is 0. The fraction of sp³-hybridized carbons (Fsp3) is 0.143. The van der Waals surface area contributed by atoms with Crippen LogP contribution in [0, 0.1) is 21.4 Å². The average molecular weight is 298 g/mol. The first-order chi connectivity index (χ1) is 8.18. The topological polar surface area (TPSA) is 114 Å². The molecule has 0 atom stereocenters. The summed E-state index contributed by atoms with van der Waals surface area (Å²) in [6, 6.07) is 1.69. The molecule has 96 valence electrons. The summed E-state index contributed by atoms with van der Waals surface area (Å²) in [5.41, 5.74) is -3.17. The predicted molar refractivity (Wildman–Crippen MR) is 53.6 cm³/mol. The zero-order valence-corrected chi connectivity index (χ0v) is 9.74. The van der Waals surface area contributed by atoms with Gasteiger partial charge in [0.25, 0.3) is 20.5 Å². The van der Waals surface area contributed by atoms with E-state index < -0.39 is 42.4 Å². The van der Waals surface area contributed by atoms with Crippen molar-refractivity contribution >= 4 is 25.4 Å². The van der Waals surface area contributed by atoms with E-state index in [0.29, 0.717) is 6.07 Å². The summed E-state index contributed by atoms with van der Waals surface area (Å²) in [5.74, 6) is 0. The molecule has 0 radical (unpaired) electrons. The molecule has 1 rings (SSSR count). The quantitative estimate of drug-likeness (QED) is 0.477. The van der Waals surface area contributed by atoms with Crippen LogP contribution in [0.1, 0.15) is 17.7 Å². The Morgan fingerprint density at radius 2 is 2.11 bits per heavy atom. The van der Waals surface area contributed by atoms with Crippen LogP contribution in [0.15, 0.2) is 11.1 Å².